The molecule has 3 rings (SSSR count). The predicted molar refractivity (Wildman–Crippen MR) is 122 cm³/mol. The number of anilines is 1. The first kappa shape index (κ1) is 21.3. The Morgan fingerprint density at radius 2 is 1.97 bits per heavy atom. The third-order valence-corrected chi connectivity index (χ3v) is 5.06. The quantitative estimate of drug-likeness (QED) is 0.501. The van der Waals surface area contributed by atoms with Crippen molar-refractivity contribution in [3.05, 3.63) is 66.2 Å². The molecule has 0 saturated carbocycles. The van der Waals surface area contributed by atoms with E-state index in [2.05, 4.69) is 20.8 Å². The standard InChI is InChI=1S/C22H22N4O3S/c1-2-29-18-12-10-17(11-13-18)24-20(27)15-19-21(28)25-22(30-19)26-23-14-6-9-16-7-4-3-5-8-16/h3-14,19H,2,15H2,1H3,(H,24,27)(H,25,26,28)/b9-6+,23-14-/t19-/m0/s1. The van der Waals surface area contributed by atoms with Crippen molar-refractivity contribution in [3.8, 4) is 5.75 Å². The van der Waals surface area contributed by atoms with Gasteiger partial charge in [-0.2, -0.15) is 5.10 Å². The molecule has 0 aromatic heterocycles. The first-order chi connectivity index (χ1) is 14.6. The van der Waals surface area contributed by atoms with Gasteiger partial charge in [0.25, 0.3) is 0 Å². The van der Waals surface area contributed by atoms with Gasteiger partial charge in [-0.15, -0.1) is 5.10 Å². The molecule has 1 aliphatic heterocycles. The van der Waals surface area contributed by atoms with Crippen LogP contribution in [0.15, 0.2) is 70.9 Å². The molecule has 0 spiro atoms. The van der Waals surface area contributed by atoms with Crippen molar-refractivity contribution in [1.82, 2.24) is 5.32 Å². The molecule has 0 unspecified atom stereocenters. The second-order valence-electron chi connectivity index (χ2n) is 6.24. The largest absolute Gasteiger partial charge is 0.494 e. The van der Waals surface area contributed by atoms with Crippen molar-refractivity contribution < 1.29 is 14.3 Å². The predicted octanol–water partition coefficient (Wildman–Crippen LogP) is 3.70. The molecule has 2 aromatic rings. The minimum atomic E-state index is -0.540. The van der Waals surface area contributed by atoms with Gasteiger partial charge in [-0.3, -0.25) is 9.59 Å². The molecule has 0 radical (unpaired) electrons. The van der Waals surface area contributed by atoms with Gasteiger partial charge in [-0.25, -0.2) is 0 Å². The summed E-state index contributed by atoms with van der Waals surface area (Å²) < 4.78 is 5.37. The van der Waals surface area contributed by atoms with Crippen molar-refractivity contribution in [3.63, 3.8) is 0 Å². The molecule has 0 aliphatic carbocycles. The summed E-state index contributed by atoms with van der Waals surface area (Å²) in [5, 5.41) is 13.2. The number of thioether (sulfide) groups is 1. The molecular formula is C22H22N4O3S. The Kier molecular flexibility index (Phi) is 7.79. The topological polar surface area (TPSA) is 92.2 Å². The number of nitrogens with one attached hydrogen (secondary N) is 2. The van der Waals surface area contributed by atoms with E-state index in [0.29, 0.717) is 17.5 Å². The van der Waals surface area contributed by atoms with Gasteiger partial charge in [0.05, 0.1) is 6.61 Å². The van der Waals surface area contributed by atoms with Gasteiger partial charge in [-0.05, 0) is 42.8 Å². The van der Waals surface area contributed by atoms with E-state index in [9.17, 15) is 9.59 Å². The van der Waals surface area contributed by atoms with E-state index in [4.69, 9.17) is 4.74 Å². The summed E-state index contributed by atoms with van der Waals surface area (Å²) in [6.07, 6.45) is 5.25. The molecule has 30 heavy (non-hydrogen) atoms. The zero-order valence-electron chi connectivity index (χ0n) is 16.4. The van der Waals surface area contributed by atoms with Gasteiger partial charge >= 0.3 is 0 Å². The van der Waals surface area contributed by atoms with Crippen molar-refractivity contribution >= 4 is 46.7 Å². The van der Waals surface area contributed by atoms with Gasteiger partial charge in [-0.1, -0.05) is 48.2 Å². The maximum Gasteiger partial charge on any atom is 0.240 e. The number of ether oxygens (including phenoxy) is 1. The Morgan fingerprint density at radius 1 is 1.20 bits per heavy atom. The van der Waals surface area contributed by atoms with Crippen LogP contribution in [0.4, 0.5) is 5.69 Å². The number of hydrogen-bond acceptors (Lipinski definition) is 6. The summed E-state index contributed by atoms with van der Waals surface area (Å²) in [7, 11) is 0. The summed E-state index contributed by atoms with van der Waals surface area (Å²) in [6, 6.07) is 16.9. The summed E-state index contributed by atoms with van der Waals surface area (Å²) in [5.74, 6) is 0.235. The van der Waals surface area contributed by atoms with Gasteiger partial charge in [0.15, 0.2) is 5.17 Å². The zero-order chi connectivity index (χ0) is 21.2. The normalized spacial score (nSPS) is 17.6. The van der Waals surface area contributed by atoms with Gasteiger partial charge in [0.2, 0.25) is 11.8 Å². The van der Waals surface area contributed by atoms with E-state index in [1.165, 1.54) is 11.8 Å². The highest BCUT2D eigenvalue weighted by Crippen LogP contribution is 2.23. The number of carbonyl (C=O) groups is 2. The first-order valence-corrected chi connectivity index (χ1v) is 10.3. The number of allylic oxidation sites excluding steroid dienone is 1. The lowest BCUT2D eigenvalue weighted by molar-refractivity contribution is -0.122. The van der Waals surface area contributed by atoms with Crippen molar-refractivity contribution in [2.24, 2.45) is 10.2 Å². The van der Waals surface area contributed by atoms with Crippen LogP contribution in [0.3, 0.4) is 0 Å². The average Bonchev–Trinajstić information content (AvgIpc) is 3.09. The van der Waals surface area contributed by atoms with Crippen LogP contribution in [-0.2, 0) is 9.59 Å². The molecular weight excluding hydrogens is 400 g/mol. The van der Waals surface area contributed by atoms with Crippen LogP contribution in [-0.4, -0.2) is 35.1 Å². The number of amidine groups is 1. The van der Waals surface area contributed by atoms with Crippen LogP contribution in [0.25, 0.3) is 6.08 Å². The van der Waals surface area contributed by atoms with Crippen LogP contribution < -0.4 is 15.4 Å². The maximum atomic E-state index is 12.3. The summed E-state index contributed by atoms with van der Waals surface area (Å²) in [5.41, 5.74) is 1.70. The smallest absolute Gasteiger partial charge is 0.240 e. The maximum absolute atomic E-state index is 12.3. The Hall–Kier alpha value is -3.39. The molecule has 7 nitrogen and oxygen atoms in total. The van der Waals surface area contributed by atoms with Crippen LogP contribution in [0, 0.1) is 0 Å². The van der Waals surface area contributed by atoms with Gasteiger partial charge in [0, 0.05) is 18.3 Å². The average molecular weight is 423 g/mol. The molecule has 1 heterocycles. The molecule has 154 valence electrons. The second kappa shape index (κ2) is 11.0. The Bertz CT molecular complexity index is 956. The lowest BCUT2D eigenvalue weighted by atomic mass is 10.2. The van der Waals surface area contributed by atoms with E-state index in [-0.39, 0.29) is 18.2 Å². The number of amides is 2. The Balaban J connectivity index is 1.47. The second-order valence-corrected chi connectivity index (χ2v) is 7.44. The molecule has 2 aromatic carbocycles. The van der Waals surface area contributed by atoms with E-state index in [0.717, 1.165) is 11.3 Å². The van der Waals surface area contributed by atoms with Crippen molar-refractivity contribution in [1.29, 1.82) is 0 Å². The lowest BCUT2D eigenvalue weighted by Gasteiger charge is -2.08. The van der Waals surface area contributed by atoms with E-state index in [1.807, 2.05) is 43.3 Å². The van der Waals surface area contributed by atoms with Crippen LogP contribution in [0.5, 0.6) is 5.75 Å². The van der Waals surface area contributed by atoms with Gasteiger partial charge < -0.3 is 15.4 Å². The highest BCUT2D eigenvalue weighted by Gasteiger charge is 2.32. The number of hydrogen-bond donors (Lipinski definition) is 2. The third kappa shape index (κ3) is 6.59. The minimum absolute atomic E-state index is 0.0420. The molecule has 1 saturated heterocycles. The van der Waals surface area contributed by atoms with Crippen LogP contribution in [0.2, 0.25) is 0 Å². The molecule has 2 N–H and O–H groups in total. The lowest BCUT2D eigenvalue weighted by Crippen LogP contribution is -2.28. The molecule has 1 aliphatic rings. The van der Waals surface area contributed by atoms with Crippen LogP contribution in [0.1, 0.15) is 18.9 Å². The van der Waals surface area contributed by atoms with E-state index >= 15 is 0 Å². The molecule has 8 heteroatoms. The number of rotatable bonds is 8. The minimum Gasteiger partial charge on any atom is -0.494 e. The zero-order valence-corrected chi connectivity index (χ0v) is 17.3. The third-order valence-electron chi connectivity index (χ3n) is 3.99. The molecule has 1 fully saturated rings. The highest BCUT2D eigenvalue weighted by molar-refractivity contribution is 8.15. The molecule has 1 atom stereocenters. The Labute approximate surface area is 179 Å². The fourth-order valence-corrected chi connectivity index (χ4v) is 3.53. The summed E-state index contributed by atoms with van der Waals surface area (Å²) in [6.45, 7) is 2.49. The number of carbonyl (C=O) groups excluding carboxylic acids is 2. The fourth-order valence-electron chi connectivity index (χ4n) is 2.61. The van der Waals surface area contributed by atoms with Crippen molar-refractivity contribution in [2.75, 3.05) is 11.9 Å². The summed E-state index contributed by atoms with van der Waals surface area (Å²) >= 11 is 1.19. The highest BCUT2D eigenvalue weighted by atomic mass is 32.2. The van der Waals surface area contributed by atoms with E-state index in [1.54, 1.807) is 36.6 Å². The monoisotopic (exact) mass is 422 g/mol. The fraction of sp³-hybridized carbons (Fsp3) is 0.182. The first-order valence-electron chi connectivity index (χ1n) is 9.47. The number of nitrogens with zero attached hydrogens (tertiary/aromatic N) is 2. The van der Waals surface area contributed by atoms with Crippen LogP contribution >= 0.6 is 11.8 Å². The SMILES string of the molecule is CCOc1ccc(NC(=O)C[C@@H]2S/C(=N/N=C\C=C\c3ccccc3)NC2=O)cc1. The van der Waals surface area contributed by atoms with Gasteiger partial charge in [0.1, 0.15) is 11.0 Å². The molecule has 2 amide bonds. The summed E-state index contributed by atoms with van der Waals surface area (Å²) in [4.78, 5) is 24.3. The Morgan fingerprint density at radius 3 is 2.70 bits per heavy atom. The van der Waals surface area contributed by atoms with E-state index < -0.39 is 5.25 Å². The van der Waals surface area contributed by atoms with Crippen molar-refractivity contribution in [2.45, 2.75) is 18.6 Å². The number of benzene rings is 2. The molecule has 0 bridgehead atoms.